The van der Waals surface area contributed by atoms with Crippen LogP contribution in [0.4, 0.5) is 5.13 Å². The Labute approximate surface area is 105 Å². The van der Waals surface area contributed by atoms with Gasteiger partial charge in [0.25, 0.3) is 0 Å². The molecule has 0 aliphatic heterocycles. The van der Waals surface area contributed by atoms with Gasteiger partial charge in [-0.05, 0) is 37.5 Å². The molecule has 2 fully saturated rings. The molecule has 4 nitrogen and oxygen atoms in total. The lowest BCUT2D eigenvalue weighted by Gasteiger charge is -2.19. The Kier molecular flexibility index (Phi) is 2.86. The van der Waals surface area contributed by atoms with Crippen LogP contribution < -0.4 is 5.32 Å². The van der Waals surface area contributed by atoms with Crippen molar-refractivity contribution in [3.63, 3.8) is 0 Å². The Bertz CT molecular complexity index is 431. The molecule has 0 saturated heterocycles. The SMILES string of the molecule is CCc1nnc(NC(=O)C2CC3CCC2C3)s1. The number of hydrogen-bond acceptors (Lipinski definition) is 4. The zero-order valence-electron chi connectivity index (χ0n) is 9.98. The molecule has 17 heavy (non-hydrogen) atoms. The summed E-state index contributed by atoms with van der Waals surface area (Å²) in [5.74, 6) is 1.81. The number of nitrogens with zero attached hydrogens (tertiary/aromatic N) is 2. The van der Waals surface area contributed by atoms with E-state index in [9.17, 15) is 4.79 Å². The standard InChI is InChI=1S/C12H17N3OS/c1-2-10-14-15-12(17-10)13-11(16)9-6-7-3-4-8(9)5-7/h7-9H,2-6H2,1H3,(H,13,15,16). The van der Waals surface area contributed by atoms with E-state index < -0.39 is 0 Å². The van der Waals surface area contributed by atoms with Crippen LogP contribution in [0.2, 0.25) is 0 Å². The maximum atomic E-state index is 12.1. The molecule has 1 aromatic heterocycles. The van der Waals surface area contributed by atoms with Gasteiger partial charge in [0.15, 0.2) is 0 Å². The van der Waals surface area contributed by atoms with Crippen LogP contribution in [-0.2, 0) is 11.2 Å². The van der Waals surface area contributed by atoms with E-state index in [4.69, 9.17) is 0 Å². The number of amides is 1. The summed E-state index contributed by atoms with van der Waals surface area (Å²) < 4.78 is 0. The Morgan fingerprint density at radius 3 is 2.88 bits per heavy atom. The lowest BCUT2D eigenvalue weighted by atomic mass is 9.88. The van der Waals surface area contributed by atoms with Gasteiger partial charge in [-0.25, -0.2) is 0 Å². The maximum absolute atomic E-state index is 12.1. The number of nitrogens with one attached hydrogen (secondary N) is 1. The summed E-state index contributed by atoms with van der Waals surface area (Å²) in [6.45, 7) is 2.04. The summed E-state index contributed by atoms with van der Waals surface area (Å²) in [5, 5.41) is 12.6. The number of carbonyl (C=O) groups is 1. The van der Waals surface area contributed by atoms with E-state index >= 15 is 0 Å². The van der Waals surface area contributed by atoms with Crippen LogP contribution in [0.25, 0.3) is 0 Å². The van der Waals surface area contributed by atoms with Crippen LogP contribution in [0, 0.1) is 17.8 Å². The molecule has 3 unspecified atom stereocenters. The average molecular weight is 251 g/mol. The smallest absolute Gasteiger partial charge is 0.229 e. The van der Waals surface area contributed by atoms with Gasteiger partial charge in [-0.15, -0.1) is 10.2 Å². The molecule has 5 heteroatoms. The zero-order valence-corrected chi connectivity index (χ0v) is 10.8. The van der Waals surface area contributed by atoms with Crippen molar-refractivity contribution in [3.8, 4) is 0 Å². The molecule has 0 spiro atoms. The Hall–Kier alpha value is -0.970. The molecule has 0 aromatic carbocycles. The predicted octanol–water partition coefficient (Wildman–Crippen LogP) is 2.48. The first-order valence-corrected chi connectivity index (χ1v) is 7.21. The fourth-order valence-electron chi connectivity index (χ4n) is 3.21. The van der Waals surface area contributed by atoms with Gasteiger partial charge in [-0.3, -0.25) is 4.79 Å². The van der Waals surface area contributed by atoms with Crippen LogP contribution in [0.5, 0.6) is 0 Å². The van der Waals surface area contributed by atoms with Crippen molar-refractivity contribution in [2.45, 2.75) is 39.0 Å². The van der Waals surface area contributed by atoms with E-state index in [1.165, 1.54) is 30.6 Å². The normalized spacial score (nSPS) is 30.8. The first-order chi connectivity index (χ1) is 8.26. The lowest BCUT2D eigenvalue weighted by molar-refractivity contribution is -0.121. The molecule has 2 aliphatic carbocycles. The van der Waals surface area contributed by atoms with Crippen molar-refractivity contribution in [1.29, 1.82) is 0 Å². The molecule has 2 bridgehead atoms. The number of aromatic nitrogens is 2. The van der Waals surface area contributed by atoms with Crippen molar-refractivity contribution < 1.29 is 4.79 Å². The van der Waals surface area contributed by atoms with Crippen LogP contribution >= 0.6 is 11.3 Å². The van der Waals surface area contributed by atoms with Crippen molar-refractivity contribution in [2.24, 2.45) is 17.8 Å². The van der Waals surface area contributed by atoms with E-state index in [1.807, 2.05) is 6.92 Å². The van der Waals surface area contributed by atoms with Gasteiger partial charge < -0.3 is 5.32 Å². The number of aryl methyl sites for hydroxylation is 1. The van der Waals surface area contributed by atoms with Gasteiger partial charge in [-0.2, -0.15) is 0 Å². The summed E-state index contributed by atoms with van der Waals surface area (Å²) in [4.78, 5) is 12.1. The highest BCUT2D eigenvalue weighted by Gasteiger charge is 2.43. The molecular formula is C12H17N3OS. The molecule has 2 saturated carbocycles. The van der Waals surface area contributed by atoms with E-state index in [2.05, 4.69) is 15.5 Å². The third kappa shape index (κ3) is 2.08. The molecule has 1 N–H and O–H groups in total. The minimum absolute atomic E-state index is 0.163. The summed E-state index contributed by atoms with van der Waals surface area (Å²) in [6.07, 6.45) is 5.78. The molecular weight excluding hydrogens is 234 g/mol. The summed E-state index contributed by atoms with van der Waals surface area (Å²) in [6, 6.07) is 0. The Balaban J connectivity index is 1.63. The van der Waals surface area contributed by atoms with Crippen LogP contribution in [0.3, 0.4) is 0 Å². The molecule has 2 aliphatic rings. The van der Waals surface area contributed by atoms with Gasteiger partial charge in [0.1, 0.15) is 5.01 Å². The van der Waals surface area contributed by atoms with E-state index in [-0.39, 0.29) is 11.8 Å². The van der Waals surface area contributed by atoms with E-state index in [1.54, 1.807) is 0 Å². The Morgan fingerprint density at radius 2 is 2.29 bits per heavy atom. The van der Waals surface area contributed by atoms with Crippen molar-refractivity contribution in [1.82, 2.24) is 10.2 Å². The number of carbonyl (C=O) groups excluding carboxylic acids is 1. The van der Waals surface area contributed by atoms with E-state index in [0.717, 1.165) is 23.8 Å². The summed E-state index contributed by atoms with van der Waals surface area (Å²) >= 11 is 1.49. The highest BCUT2D eigenvalue weighted by Crippen LogP contribution is 2.48. The van der Waals surface area contributed by atoms with Crippen molar-refractivity contribution >= 4 is 22.4 Å². The number of anilines is 1. The van der Waals surface area contributed by atoms with Crippen molar-refractivity contribution in [2.75, 3.05) is 5.32 Å². The van der Waals surface area contributed by atoms with Gasteiger partial charge in [0.05, 0.1) is 0 Å². The second kappa shape index (κ2) is 4.37. The average Bonchev–Trinajstić information content (AvgIpc) is 3.04. The topological polar surface area (TPSA) is 54.9 Å². The van der Waals surface area contributed by atoms with Crippen LogP contribution in [0.15, 0.2) is 0 Å². The highest BCUT2D eigenvalue weighted by molar-refractivity contribution is 7.15. The fraction of sp³-hybridized carbons (Fsp3) is 0.750. The third-order valence-electron chi connectivity index (χ3n) is 4.07. The number of fused-ring (bicyclic) bond motifs is 2. The first kappa shape index (κ1) is 11.1. The maximum Gasteiger partial charge on any atom is 0.229 e. The summed E-state index contributed by atoms with van der Waals surface area (Å²) in [7, 11) is 0. The monoisotopic (exact) mass is 251 g/mol. The largest absolute Gasteiger partial charge is 0.300 e. The quantitative estimate of drug-likeness (QED) is 0.898. The zero-order chi connectivity index (χ0) is 11.8. The minimum atomic E-state index is 0.163. The van der Waals surface area contributed by atoms with Gasteiger partial charge in [0.2, 0.25) is 11.0 Å². The molecule has 3 rings (SSSR count). The molecule has 0 radical (unpaired) electrons. The van der Waals surface area contributed by atoms with Gasteiger partial charge in [-0.1, -0.05) is 24.7 Å². The highest BCUT2D eigenvalue weighted by atomic mass is 32.1. The minimum Gasteiger partial charge on any atom is -0.300 e. The molecule has 1 aromatic rings. The fourth-order valence-corrected chi connectivity index (χ4v) is 3.89. The van der Waals surface area contributed by atoms with Gasteiger partial charge >= 0.3 is 0 Å². The number of hydrogen-bond donors (Lipinski definition) is 1. The van der Waals surface area contributed by atoms with Crippen LogP contribution in [0.1, 0.15) is 37.6 Å². The molecule has 1 amide bonds. The van der Waals surface area contributed by atoms with Crippen molar-refractivity contribution in [3.05, 3.63) is 5.01 Å². The second-order valence-electron chi connectivity index (χ2n) is 5.13. The van der Waals surface area contributed by atoms with Gasteiger partial charge in [0, 0.05) is 5.92 Å². The third-order valence-corrected chi connectivity index (χ3v) is 5.06. The number of rotatable bonds is 3. The van der Waals surface area contributed by atoms with Crippen LogP contribution in [-0.4, -0.2) is 16.1 Å². The predicted molar refractivity (Wildman–Crippen MR) is 66.9 cm³/mol. The summed E-state index contributed by atoms with van der Waals surface area (Å²) in [5.41, 5.74) is 0. The first-order valence-electron chi connectivity index (χ1n) is 6.39. The molecule has 92 valence electrons. The lowest BCUT2D eigenvalue weighted by Crippen LogP contribution is -2.27. The van der Waals surface area contributed by atoms with E-state index in [0.29, 0.717) is 11.0 Å². The molecule has 1 heterocycles. The second-order valence-corrected chi connectivity index (χ2v) is 6.19. The Morgan fingerprint density at radius 1 is 1.41 bits per heavy atom. The molecule has 3 atom stereocenters.